The Labute approximate surface area is 351 Å². The molecule has 2 aromatic carbocycles. The molecule has 14 heteroatoms. The van der Waals surface area contributed by atoms with Gasteiger partial charge in [-0.25, -0.2) is 9.97 Å². The van der Waals surface area contributed by atoms with Crippen molar-refractivity contribution in [3.63, 3.8) is 0 Å². The minimum Gasteiger partial charge on any atom is -0.469 e. The van der Waals surface area contributed by atoms with Crippen molar-refractivity contribution in [2.24, 2.45) is 25.9 Å². The summed E-state index contributed by atoms with van der Waals surface area (Å²) in [7, 11) is 5.28. The van der Waals surface area contributed by atoms with E-state index in [9.17, 15) is 19.5 Å². The SMILES string of the molecule is COC(=O)C1CCC(CCN2CCc3c(nc(C(=O)Nc4cccc(-c5cccc(NC(=O)c6nc7c(n6C)CCN(C6CCC(O)CC6)C7)c5C)c4Cl)n3C)C2)CC1. The number of aliphatic hydroxyl groups is 1. The zero-order valence-corrected chi connectivity index (χ0v) is 35.5. The molecule has 2 fully saturated rings. The number of aromatic nitrogens is 4. The number of methoxy groups -OCH3 is 1. The molecule has 2 amide bonds. The van der Waals surface area contributed by atoms with E-state index >= 15 is 0 Å². The topological polar surface area (TPSA) is 147 Å². The summed E-state index contributed by atoms with van der Waals surface area (Å²) in [5.41, 5.74) is 7.58. The number of carbonyl (C=O) groups excluding carboxylic acids is 3. The zero-order chi connectivity index (χ0) is 41.4. The number of hydrogen-bond donors (Lipinski definition) is 3. The van der Waals surface area contributed by atoms with Crippen LogP contribution in [0.15, 0.2) is 36.4 Å². The van der Waals surface area contributed by atoms with Gasteiger partial charge in [-0.2, -0.15) is 0 Å². The first-order valence-electron chi connectivity index (χ1n) is 21.3. The maximum atomic E-state index is 13.8. The average molecular weight is 825 g/mol. The number of nitrogens with one attached hydrogen (secondary N) is 2. The maximum Gasteiger partial charge on any atom is 0.308 e. The van der Waals surface area contributed by atoms with Crippen LogP contribution in [0.5, 0.6) is 0 Å². The van der Waals surface area contributed by atoms with Crippen LogP contribution >= 0.6 is 11.6 Å². The number of halogens is 1. The van der Waals surface area contributed by atoms with Crippen LogP contribution in [0.1, 0.15) is 107 Å². The number of anilines is 2. The highest BCUT2D eigenvalue weighted by Gasteiger charge is 2.32. The zero-order valence-electron chi connectivity index (χ0n) is 34.7. The summed E-state index contributed by atoms with van der Waals surface area (Å²) in [6, 6.07) is 11.7. The molecule has 2 saturated carbocycles. The molecule has 2 aliphatic heterocycles. The van der Waals surface area contributed by atoms with Crippen molar-refractivity contribution in [1.29, 1.82) is 0 Å². The first kappa shape index (κ1) is 41.2. The van der Waals surface area contributed by atoms with E-state index in [4.69, 9.17) is 26.3 Å². The summed E-state index contributed by atoms with van der Waals surface area (Å²) in [6.45, 7) is 6.16. The maximum absolute atomic E-state index is 13.8. The molecule has 2 aromatic heterocycles. The van der Waals surface area contributed by atoms with Gasteiger partial charge in [0.05, 0.1) is 41.2 Å². The van der Waals surface area contributed by atoms with Gasteiger partial charge in [-0.05, 0) is 100 Å². The molecule has 8 rings (SSSR count). The number of imidazole rings is 2. The standard InChI is InChI=1S/C45H57ClN8O5/c1-27-32(7-5-9-34(27)49-43(56)41-48-37-26-54(24-21-39(37)52(41)3)30-15-17-31(55)18-16-30)33-8-6-10-35(40(33)46)50-44(57)42-47-36-25-53(23-20-38(36)51(42)2)22-19-28-11-13-29(14-12-28)45(58)59-4/h5-10,28-31,55H,11-26H2,1-4H3,(H,49,56)(H,50,57). The fourth-order valence-electron chi connectivity index (χ4n) is 9.94. The lowest BCUT2D eigenvalue weighted by Crippen LogP contribution is -2.42. The van der Waals surface area contributed by atoms with Gasteiger partial charge in [0.25, 0.3) is 11.8 Å². The number of esters is 1. The predicted molar refractivity (Wildman–Crippen MR) is 227 cm³/mol. The number of ether oxygens (including phenoxy) is 1. The third-order valence-electron chi connectivity index (χ3n) is 13.6. The van der Waals surface area contributed by atoms with Gasteiger partial charge in [-0.3, -0.25) is 24.2 Å². The molecule has 2 aliphatic carbocycles. The minimum atomic E-state index is -0.328. The highest BCUT2D eigenvalue weighted by atomic mass is 35.5. The van der Waals surface area contributed by atoms with E-state index in [-0.39, 0.29) is 29.8 Å². The molecule has 4 aliphatic rings. The fraction of sp³-hybridized carbons (Fsp3) is 0.533. The monoisotopic (exact) mass is 824 g/mol. The Balaban J connectivity index is 0.909. The average Bonchev–Trinajstić information content (AvgIpc) is 3.76. The Morgan fingerprint density at radius 1 is 0.797 bits per heavy atom. The first-order chi connectivity index (χ1) is 28.5. The van der Waals surface area contributed by atoms with E-state index in [0.717, 1.165) is 130 Å². The predicted octanol–water partition coefficient (Wildman–Crippen LogP) is 6.68. The third kappa shape index (κ3) is 8.57. The van der Waals surface area contributed by atoms with Crippen LogP contribution in [-0.4, -0.2) is 90.7 Å². The van der Waals surface area contributed by atoms with Gasteiger partial charge in [0.2, 0.25) is 0 Å². The number of benzene rings is 2. The van der Waals surface area contributed by atoms with Crippen molar-refractivity contribution in [3.05, 3.63) is 81.4 Å². The van der Waals surface area contributed by atoms with Crippen LogP contribution in [0.3, 0.4) is 0 Å². The Morgan fingerprint density at radius 2 is 1.39 bits per heavy atom. The highest BCUT2D eigenvalue weighted by Crippen LogP contribution is 2.38. The molecule has 0 spiro atoms. The smallest absolute Gasteiger partial charge is 0.308 e. The van der Waals surface area contributed by atoms with Crippen molar-refractivity contribution in [2.75, 3.05) is 37.4 Å². The van der Waals surface area contributed by atoms with Crippen molar-refractivity contribution < 1.29 is 24.2 Å². The lowest BCUT2D eigenvalue weighted by Gasteiger charge is -2.37. The summed E-state index contributed by atoms with van der Waals surface area (Å²) >= 11 is 7.06. The Hall–Kier alpha value is -4.56. The molecule has 3 N–H and O–H groups in total. The van der Waals surface area contributed by atoms with E-state index in [2.05, 4.69) is 20.4 Å². The number of aliphatic hydroxyl groups excluding tert-OH is 1. The second kappa shape index (κ2) is 17.6. The molecule has 0 bridgehead atoms. The van der Waals surface area contributed by atoms with Crippen LogP contribution in [0.4, 0.5) is 11.4 Å². The Kier molecular flexibility index (Phi) is 12.3. The molecule has 4 aromatic rings. The number of carbonyl (C=O) groups is 3. The summed E-state index contributed by atoms with van der Waals surface area (Å²) in [4.78, 5) is 54.0. The van der Waals surface area contributed by atoms with Crippen LogP contribution < -0.4 is 10.6 Å². The van der Waals surface area contributed by atoms with Gasteiger partial charge in [0, 0.05) is 81.8 Å². The summed E-state index contributed by atoms with van der Waals surface area (Å²) in [5.74, 6) is 0.694. The van der Waals surface area contributed by atoms with Gasteiger partial charge in [0.15, 0.2) is 11.6 Å². The number of nitrogens with zero attached hydrogens (tertiary/aromatic N) is 6. The van der Waals surface area contributed by atoms with E-state index in [1.807, 2.05) is 60.5 Å². The summed E-state index contributed by atoms with van der Waals surface area (Å²) in [6.07, 6.45) is 10.1. The number of rotatable bonds is 10. The first-order valence-corrected chi connectivity index (χ1v) is 21.7. The highest BCUT2D eigenvalue weighted by molar-refractivity contribution is 6.36. The second-order valence-electron chi connectivity index (χ2n) is 17.1. The van der Waals surface area contributed by atoms with Crippen molar-refractivity contribution >= 4 is 40.8 Å². The molecule has 4 heterocycles. The Morgan fingerprint density at radius 3 is 2.05 bits per heavy atom. The molecular formula is C45H57ClN8O5. The van der Waals surface area contributed by atoms with Crippen molar-refractivity contribution in [1.82, 2.24) is 28.9 Å². The molecule has 0 saturated heterocycles. The molecular weight excluding hydrogens is 768 g/mol. The van der Waals surface area contributed by atoms with Gasteiger partial charge in [-0.15, -0.1) is 0 Å². The van der Waals surface area contributed by atoms with E-state index in [1.165, 1.54) is 7.11 Å². The van der Waals surface area contributed by atoms with Crippen LogP contribution in [0, 0.1) is 18.8 Å². The molecule has 0 unspecified atom stereocenters. The van der Waals surface area contributed by atoms with E-state index in [1.54, 1.807) is 6.07 Å². The summed E-state index contributed by atoms with van der Waals surface area (Å²) in [5, 5.41) is 16.5. The number of fused-ring (bicyclic) bond motifs is 2. The summed E-state index contributed by atoms with van der Waals surface area (Å²) < 4.78 is 8.78. The van der Waals surface area contributed by atoms with Crippen LogP contribution in [-0.2, 0) is 49.6 Å². The van der Waals surface area contributed by atoms with Crippen LogP contribution in [0.25, 0.3) is 11.1 Å². The second-order valence-corrected chi connectivity index (χ2v) is 17.4. The quantitative estimate of drug-likeness (QED) is 0.149. The lowest BCUT2D eigenvalue weighted by molar-refractivity contribution is -0.146. The number of hydrogen-bond acceptors (Lipinski definition) is 9. The third-order valence-corrected chi connectivity index (χ3v) is 14.0. The van der Waals surface area contributed by atoms with Crippen molar-refractivity contribution in [2.45, 2.75) is 103 Å². The van der Waals surface area contributed by atoms with Gasteiger partial charge in [-0.1, -0.05) is 35.9 Å². The van der Waals surface area contributed by atoms with Gasteiger partial charge >= 0.3 is 5.97 Å². The molecule has 59 heavy (non-hydrogen) atoms. The number of amides is 2. The molecule has 0 atom stereocenters. The fourth-order valence-corrected chi connectivity index (χ4v) is 10.2. The molecule has 314 valence electrons. The molecule has 0 radical (unpaired) electrons. The van der Waals surface area contributed by atoms with E-state index < -0.39 is 0 Å². The van der Waals surface area contributed by atoms with Crippen molar-refractivity contribution in [3.8, 4) is 11.1 Å². The lowest BCUT2D eigenvalue weighted by atomic mass is 9.80. The van der Waals surface area contributed by atoms with E-state index in [0.29, 0.717) is 53.1 Å². The molecule has 13 nitrogen and oxygen atoms in total. The van der Waals surface area contributed by atoms with Gasteiger partial charge < -0.3 is 29.6 Å². The minimum absolute atomic E-state index is 0.0417. The van der Waals surface area contributed by atoms with Crippen LogP contribution in [0.2, 0.25) is 5.02 Å². The normalized spacial score (nSPS) is 22.3. The largest absolute Gasteiger partial charge is 0.469 e. The Bertz CT molecular complexity index is 2220. The van der Waals surface area contributed by atoms with Gasteiger partial charge in [0.1, 0.15) is 0 Å².